The third kappa shape index (κ3) is 2.11. The monoisotopic (exact) mass is 234 g/mol. The lowest BCUT2D eigenvalue weighted by Crippen LogP contribution is -2.16. The molecular weight excluding hydrogens is 220 g/mol. The van der Waals surface area contributed by atoms with Crippen LogP contribution in [0.1, 0.15) is 11.1 Å². The van der Waals surface area contributed by atoms with Crippen LogP contribution in [0.15, 0.2) is 18.7 Å². The summed E-state index contributed by atoms with van der Waals surface area (Å²) in [5.41, 5.74) is 1.95. The second-order valence-corrected chi connectivity index (χ2v) is 3.78. The number of methoxy groups -OCH3 is 1. The number of esters is 1. The number of hydrogen-bond acceptors (Lipinski definition) is 4. The number of aryl methyl sites for hydroxylation is 1. The van der Waals surface area contributed by atoms with Gasteiger partial charge in [0.2, 0.25) is 0 Å². The summed E-state index contributed by atoms with van der Waals surface area (Å²) in [4.78, 5) is 11.4. The van der Waals surface area contributed by atoms with Crippen molar-refractivity contribution >= 4 is 11.5 Å². The molecule has 1 aromatic carbocycles. The molecule has 0 saturated heterocycles. The first-order chi connectivity index (χ1) is 8.13. The van der Waals surface area contributed by atoms with Gasteiger partial charge in [0.1, 0.15) is 13.2 Å². The van der Waals surface area contributed by atoms with E-state index >= 15 is 0 Å². The largest absolute Gasteiger partial charge is 0.486 e. The molecule has 1 aliphatic rings. The van der Waals surface area contributed by atoms with Gasteiger partial charge in [-0.25, -0.2) is 4.79 Å². The van der Waals surface area contributed by atoms with Crippen LogP contribution in [0.5, 0.6) is 11.5 Å². The van der Waals surface area contributed by atoms with Crippen molar-refractivity contribution in [3.63, 3.8) is 0 Å². The van der Waals surface area contributed by atoms with Gasteiger partial charge >= 0.3 is 5.97 Å². The summed E-state index contributed by atoms with van der Waals surface area (Å²) in [6, 6.07) is 3.61. The Balaban J connectivity index is 2.41. The van der Waals surface area contributed by atoms with Crippen LogP contribution in [0.4, 0.5) is 0 Å². The highest BCUT2D eigenvalue weighted by atomic mass is 16.6. The van der Waals surface area contributed by atoms with Gasteiger partial charge in [0.25, 0.3) is 0 Å². The van der Waals surface area contributed by atoms with Crippen molar-refractivity contribution in [2.45, 2.75) is 6.92 Å². The molecule has 0 amide bonds. The normalized spacial score (nSPS) is 13.1. The molecule has 0 N–H and O–H groups in total. The standard InChI is InChI=1S/C13H14O4/c1-8-6-11-12(17-5-4-16-11)7-10(8)9(2)13(14)15-3/h6-7H,2,4-5H2,1,3H3. The van der Waals surface area contributed by atoms with Crippen molar-refractivity contribution < 1.29 is 19.0 Å². The van der Waals surface area contributed by atoms with E-state index in [1.165, 1.54) is 7.11 Å². The smallest absolute Gasteiger partial charge is 0.337 e. The summed E-state index contributed by atoms with van der Waals surface area (Å²) in [5.74, 6) is 0.904. The van der Waals surface area contributed by atoms with Crippen LogP contribution < -0.4 is 9.47 Å². The molecule has 0 aliphatic carbocycles. The van der Waals surface area contributed by atoms with Crippen LogP contribution >= 0.6 is 0 Å². The van der Waals surface area contributed by atoms with Crippen LogP contribution in [-0.4, -0.2) is 26.3 Å². The van der Waals surface area contributed by atoms with Crippen molar-refractivity contribution in [2.75, 3.05) is 20.3 Å². The van der Waals surface area contributed by atoms with E-state index in [1.807, 2.05) is 13.0 Å². The number of benzene rings is 1. The average Bonchev–Trinajstić information content (AvgIpc) is 2.36. The van der Waals surface area contributed by atoms with E-state index in [1.54, 1.807) is 6.07 Å². The third-order valence-corrected chi connectivity index (χ3v) is 2.65. The fraction of sp³-hybridized carbons (Fsp3) is 0.308. The van der Waals surface area contributed by atoms with Crippen molar-refractivity contribution in [1.29, 1.82) is 0 Å². The molecular formula is C13H14O4. The molecule has 90 valence electrons. The minimum atomic E-state index is -0.440. The Kier molecular flexibility index (Phi) is 3.04. The molecule has 0 saturated carbocycles. The predicted molar refractivity (Wildman–Crippen MR) is 63.2 cm³/mol. The van der Waals surface area contributed by atoms with Gasteiger partial charge < -0.3 is 14.2 Å². The highest BCUT2D eigenvalue weighted by Gasteiger charge is 2.18. The van der Waals surface area contributed by atoms with E-state index in [0.29, 0.717) is 30.3 Å². The summed E-state index contributed by atoms with van der Waals surface area (Å²) in [6.45, 7) is 6.68. The zero-order valence-corrected chi connectivity index (χ0v) is 9.91. The lowest BCUT2D eigenvalue weighted by Gasteiger charge is -2.20. The topological polar surface area (TPSA) is 44.8 Å². The van der Waals surface area contributed by atoms with Crippen molar-refractivity contribution in [2.24, 2.45) is 0 Å². The van der Waals surface area contributed by atoms with E-state index in [2.05, 4.69) is 11.3 Å². The first-order valence-electron chi connectivity index (χ1n) is 5.31. The molecule has 0 bridgehead atoms. The number of ether oxygens (including phenoxy) is 3. The zero-order valence-electron chi connectivity index (χ0n) is 9.91. The van der Waals surface area contributed by atoms with E-state index in [0.717, 1.165) is 11.1 Å². The minimum Gasteiger partial charge on any atom is -0.486 e. The number of carbonyl (C=O) groups is 1. The summed E-state index contributed by atoms with van der Waals surface area (Å²) in [5, 5.41) is 0. The second-order valence-electron chi connectivity index (χ2n) is 3.78. The zero-order chi connectivity index (χ0) is 12.4. The maximum Gasteiger partial charge on any atom is 0.337 e. The van der Waals surface area contributed by atoms with Gasteiger partial charge in [-0.05, 0) is 30.2 Å². The fourth-order valence-electron chi connectivity index (χ4n) is 1.75. The molecule has 2 rings (SSSR count). The molecule has 0 atom stereocenters. The van der Waals surface area contributed by atoms with Crippen LogP contribution in [0.2, 0.25) is 0 Å². The van der Waals surface area contributed by atoms with Gasteiger partial charge in [0, 0.05) is 0 Å². The number of fused-ring (bicyclic) bond motifs is 1. The van der Waals surface area contributed by atoms with E-state index in [9.17, 15) is 4.79 Å². The molecule has 1 heterocycles. The Morgan fingerprint density at radius 3 is 2.47 bits per heavy atom. The summed E-state index contributed by atoms with van der Waals surface area (Å²) in [6.07, 6.45) is 0. The van der Waals surface area contributed by atoms with Gasteiger partial charge in [0.05, 0.1) is 12.7 Å². The minimum absolute atomic E-state index is 0.321. The summed E-state index contributed by atoms with van der Waals surface area (Å²) >= 11 is 0. The summed E-state index contributed by atoms with van der Waals surface area (Å²) < 4.78 is 15.6. The van der Waals surface area contributed by atoms with Crippen LogP contribution in [-0.2, 0) is 9.53 Å². The highest BCUT2D eigenvalue weighted by Crippen LogP contribution is 2.35. The van der Waals surface area contributed by atoms with Crippen molar-refractivity contribution in [3.8, 4) is 11.5 Å². The van der Waals surface area contributed by atoms with Gasteiger partial charge in [-0.1, -0.05) is 6.58 Å². The molecule has 0 unspecified atom stereocenters. The molecule has 0 radical (unpaired) electrons. The molecule has 0 spiro atoms. The molecule has 1 aromatic rings. The molecule has 4 heteroatoms. The Morgan fingerprint density at radius 2 is 1.88 bits per heavy atom. The first-order valence-corrected chi connectivity index (χ1v) is 5.31. The Bertz CT molecular complexity index is 477. The second kappa shape index (κ2) is 4.49. The van der Waals surface area contributed by atoms with Gasteiger partial charge in [-0.3, -0.25) is 0 Å². The fourth-order valence-corrected chi connectivity index (χ4v) is 1.75. The Hall–Kier alpha value is -1.97. The van der Waals surface area contributed by atoms with E-state index in [4.69, 9.17) is 9.47 Å². The first kappa shape index (κ1) is 11.5. The van der Waals surface area contributed by atoms with Gasteiger partial charge in [-0.15, -0.1) is 0 Å². The predicted octanol–water partition coefficient (Wildman–Crippen LogP) is 1.95. The van der Waals surface area contributed by atoms with Gasteiger partial charge in [0.15, 0.2) is 11.5 Å². The Labute approximate surface area is 99.8 Å². The SMILES string of the molecule is C=C(C(=O)OC)c1cc2c(cc1C)OCCO2. The quantitative estimate of drug-likeness (QED) is 0.579. The van der Waals surface area contributed by atoms with E-state index in [-0.39, 0.29) is 0 Å². The lowest BCUT2D eigenvalue weighted by atomic mass is 10.0. The Morgan fingerprint density at radius 1 is 1.29 bits per heavy atom. The summed E-state index contributed by atoms with van der Waals surface area (Å²) in [7, 11) is 1.33. The van der Waals surface area contributed by atoms with Crippen LogP contribution in [0, 0.1) is 6.92 Å². The number of rotatable bonds is 2. The average molecular weight is 234 g/mol. The molecule has 17 heavy (non-hydrogen) atoms. The van der Waals surface area contributed by atoms with E-state index < -0.39 is 5.97 Å². The molecule has 1 aliphatic heterocycles. The molecule has 4 nitrogen and oxygen atoms in total. The van der Waals surface area contributed by atoms with Crippen molar-refractivity contribution in [3.05, 3.63) is 29.8 Å². The highest BCUT2D eigenvalue weighted by molar-refractivity contribution is 6.16. The third-order valence-electron chi connectivity index (χ3n) is 2.65. The van der Waals surface area contributed by atoms with Crippen LogP contribution in [0.25, 0.3) is 5.57 Å². The molecule has 0 fully saturated rings. The number of hydrogen-bond donors (Lipinski definition) is 0. The molecule has 0 aromatic heterocycles. The number of carbonyl (C=O) groups excluding carboxylic acids is 1. The maximum absolute atomic E-state index is 11.4. The van der Waals surface area contributed by atoms with Crippen molar-refractivity contribution in [1.82, 2.24) is 0 Å². The maximum atomic E-state index is 11.4. The van der Waals surface area contributed by atoms with Gasteiger partial charge in [-0.2, -0.15) is 0 Å². The van der Waals surface area contributed by atoms with Crippen LogP contribution in [0.3, 0.4) is 0 Å². The lowest BCUT2D eigenvalue weighted by molar-refractivity contribution is -0.133.